The van der Waals surface area contributed by atoms with Gasteiger partial charge in [-0.25, -0.2) is 14.8 Å². The average Bonchev–Trinajstić information content (AvgIpc) is 2.78. The minimum atomic E-state index is -0.268. The first kappa shape index (κ1) is 11.2. The Kier molecular flexibility index (Phi) is 3.28. The predicted octanol–water partition coefficient (Wildman–Crippen LogP) is 2.14. The lowest BCUT2D eigenvalue weighted by atomic mass is 10.00. The fourth-order valence-corrected chi connectivity index (χ4v) is 2.20. The third kappa shape index (κ3) is 2.11. The molecule has 0 amide bonds. The summed E-state index contributed by atoms with van der Waals surface area (Å²) in [6.45, 7) is 1.92. The molecular formula is C11H12FN3S. The third-order valence-electron chi connectivity index (χ3n) is 2.47. The number of rotatable bonds is 3. The Balaban J connectivity index is 2.44. The van der Waals surface area contributed by atoms with Crippen LogP contribution in [0.2, 0.25) is 0 Å². The maximum absolute atomic E-state index is 13.2. The van der Waals surface area contributed by atoms with Gasteiger partial charge in [0.05, 0.1) is 17.2 Å². The van der Waals surface area contributed by atoms with E-state index in [-0.39, 0.29) is 11.9 Å². The van der Waals surface area contributed by atoms with Crippen LogP contribution in [0.1, 0.15) is 22.9 Å². The second-order valence-corrected chi connectivity index (χ2v) is 4.23. The van der Waals surface area contributed by atoms with E-state index in [0.717, 1.165) is 16.8 Å². The molecule has 3 N–H and O–H groups in total. The largest absolute Gasteiger partial charge is 0.271 e. The molecule has 0 radical (unpaired) electrons. The number of nitrogens with one attached hydrogen (secondary N) is 1. The monoisotopic (exact) mass is 237 g/mol. The number of hydrogen-bond acceptors (Lipinski definition) is 4. The molecule has 0 bridgehead atoms. The summed E-state index contributed by atoms with van der Waals surface area (Å²) in [6, 6.07) is 4.40. The van der Waals surface area contributed by atoms with Gasteiger partial charge in [0.25, 0.3) is 0 Å². The topological polar surface area (TPSA) is 50.9 Å². The van der Waals surface area contributed by atoms with E-state index in [1.54, 1.807) is 11.6 Å². The van der Waals surface area contributed by atoms with Crippen LogP contribution in [0.3, 0.4) is 0 Å². The third-order valence-corrected chi connectivity index (χ3v) is 3.07. The van der Waals surface area contributed by atoms with Crippen molar-refractivity contribution in [2.45, 2.75) is 13.0 Å². The van der Waals surface area contributed by atoms with Gasteiger partial charge in [0.15, 0.2) is 0 Å². The molecule has 0 aliphatic heterocycles. The highest BCUT2D eigenvalue weighted by Crippen LogP contribution is 2.24. The van der Waals surface area contributed by atoms with Gasteiger partial charge in [-0.1, -0.05) is 6.07 Å². The van der Waals surface area contributed by atoms with Crippen molar-refractivity contribution in [3.05, 3.63) is 51.7 Å². The van der Waals surface area contributed by atoms with Gasteiger partial charge in [0, 0.05) is 5.38 Å². The molecule has 2 aromatic rings. The SMILES string of the molecule is Cc1ccc(F)cc1C(NN)c1cscn1. The second kappa shape index (κ2) is 4.69. The van der Waals surface area contributed by atoms with Crippen molar-refractivity contribution in [1.82, 2.24) is 10.4 Å². The lowest BCUT2D eigenvalue weighted by molar-refractivity contribution is 0.597. The Morgan fingerprint density at radius 1 is 1.50 bits per heavy atom. The minimum Gasteiger partial charge on any atom is -0.271 e. The molecule has 1 aromatic carbocycles. The molecule has 3 nitrogen and oxygen atoms in total. The molecule has 1 unspecified atom stereocenters. The standard InChI is InChI=1S/C11H12FN3S/c1-7-2-3-8(12)4-9(7)11(15-13)10-5-16-6-14-10/h2-6,11,15H,13H2,1H3. The molecule has 1 atom stereocenters. The summed E-state index contributed by atoms with van der Waals surface area (Å²) in [4.78, 5) is 4.19. The smallest absolute Gasteiger partial charge is 0.123 e. The number of benzene rings is 1. The Bertz CT molecular complexity index is 470. The molecule has 1 aromatic heterocycles. The van der Waals surface area contributed by atoms with Crippen molar-refractivity contribution < 1.29 is 4.39 Å². The summed E-state index contributed by atoms with van der Waals surface area (Å²) in [6.07, 6.45) is 0. The minimum absolute atomic E-state index is 0.262. The molecule has 0 fully saturated rings. The summed E-state index contributed by atoms with van der Waals surface area (Å²) >= 11 is 1.49. The van der Waals surface area contributed by atoms with Gasteiger partial charge in [-0.3, -0.25) is 5.84 Å². The molecule has 0 aliphatic rings. The van der Waals surface area contributed by atoms with Gasteiger partial charge in [0.2, 0.25) is 0 Å². The van der Waals surface area contributed by atoms with Gasteiger partial charge < -0.3 is 0 Å². The maximum Gasteiger partial charge on any atom is 0.123 e. The Morgan fingerprint density at radius 2 is 2.31 bits per heavy atom. The van der Waals surface area contributed by atoms with Crippen LogP contribution in [-0.4, -0.2) is 4.98 Å². The number of halogens is 1. The molecule has 2 rings (SSSR count). The highest BCUT2D eigenvalue weighted by atomic mass is 32.1. The van der Waals surface area contributed by atoms with Crippen LogP contribution in [-0.2, 0) is 0 Å². The zero-order valence-electron chi connectivity index (χ0n) is 8.77. The summed E-state index contributed by atoms with van der Waals surface area (Å²) < 4.78 is 13.2. The van der Waals surface area contributed by atoms with E-state index in [2.05, 4.69) is 10.4 Å². The zero-order valence-corrected chi connectivity index (χ0v) is 9.59. The first-order valence-corrected chi connectivity index (χ1v) is 5.77. The normalized spacial score (nSPS) is 12.7. The Morgan fingerprint density at radius 3 is 2.94 bits per heavy atom. The van der Waals surface area contributed by atoms with Crippen molar-refractivity contribution in [1.29, 1.82) is 0 Å². The summed E-state index contributed by atoms with van der Waals surface area (Å²) in [7, 11) is 0. The van der Waals surface area contributed by atoms with E-state index in [1.807, 2.05) is 12.3 Å². The summed E-state index contributed by atoms with van der Waals surface area (Å²) in [5.74, 6) is 5.24. The van der Waals surface area contributed by atoms with Gasteiger partial charge in [-0.15, -0.1) is 11.3 Å². The maximum atomic E-state index is 13.2. The average molecular weight is 237 g/mol. The van der Waals surface area contributed by atoms with E-state index in [9.17, 15) is 4.39 Å². The molecule has 84 valence electrons. The van der Waals surface area contributed by atoms with Crippen LogP contribution in [0, 0.1) is 12.7 Å². The van der Waals surface area contributed by atoms with E-state index in [1.165, 1.54) is 23.5 Å². The Labute approximate surface area is 97.1 Å². The van der Waals surface area contributed by atoms with E-state index >= 15 is 0 Å². The van der Waals surface area contributed by atoms with Crippen LogP contribution >= 0.6 is 11.3 Å². The van der Waals surface area contributed by atoms with Crippen LogP contribution in [0.25, 0.3) is 0 Å². The van der Waals surface area contributed by atoms with Crippen LogP contribution in [0.5, 0.6) is 0 Å². The first-order chi connectivity index (χ1) is 7.72. The molecule has 0 spiro atoms. The molecule has 0 aliphatic carbocycles. The number of nitrogens with zero attached hydrogens (tertiary/aromatic N) is 1. The Hall–Kier alpha value is -1.30. The molecule has 0 saturated carbocycles. The number of aromatic nitrogens is 1. The molecule has 5 heteroatoms. The first-order valence-electron chi connectivity index (χ1n) is 4.82. The number of hydrazine groups is 1. The zero-order chi connectivity index (χ0) is 11.5. The van der Waals surface area contributed by atoms with Crippen molar-refractivity contribution in [3.63, 3.8) is 0 Å². The van der Waals surface area contributed by atoms with Crippen molar-refractivity contribution in [2.75, 3.05) is 0 Å². The van der Waals surface area contributed by atoms with Crippen molar-refractivity contribution >= 4 is 11.3 Å². The summed E-state index contributed by atoms with van der Waals surface area (Å²) in [5.41, 5.74) is 7.00. The number of nitrogens with two attached hydrogens (primary N) is 1. The van der Waals surface area contributed by atoms with Crippen LogP contribution in [0.4, 0.5) is 4.39 Å². The van der Waals surface area contributed by atoms with E-state index in [4.69, 9.17) is 5.84 Å². The molecule has 16 heavy (non-hydrogen) atoms. The molecular weight excluding hydrogens is 225 g/mol. The van der Waals surface area contributed by atoms with Gasteiger partial charge in [-0.2, -0.15) is 0 Å². The number of hydrogen-bond donors (Lipinski definition) is 2. The van der Waals surface area contributed by atoms with Gasteiger partial charge in [-0.05, 0) is 30.2 Å². The van der Waals surface area contributed by atoms with Gasteiger partial charge in [0.1, 0.15) is 5.82 Å². The van der Waals surface area contributed by atoms with E-state index in [0.29, 0.717) is 0 Å². The lowest BCUT2D eigenvalue weighted by Gasteiger charge is -2.16. The molecule has 1 heterocycles. The fraction of sp³-hybridized carbons (Fsp3) is 0.182. The highest BCUT2D eigenvalue weighted by molar-refractivity contribution is 7.07. The molecule has 0 saturated heterocycles. The van der Waals surface area contributed by atoms with Gasteiger partial charge >= 0.3 is 0 Å². The van der Waals surface area contributed by atoms with Crippen LogP contribution in [0.15, 0.2) is 29.1 Å². The quantitative estimate of drug-likeness (QED) is 0.635. The lowest BCUT2D eigenvalue weighted by Crippen LogP contribution is -2.29. The highest BCUT2D eigenvalue weighted by Gasteiger charge is 2.16. The summed E-state index contributed by atoms with van der Waals surface area (Å²) in [5, 5.41) is 1.90. The van der Waals surface area contributed by atoms with E-state index < -0.39 is 0 Å². The predicted molar refractivity (Wildman–Crippen MR) is 62.4 cm³/mol. The van der Waals surface area contributed by atoms with Crippen molar-refractivity contribution in [2.24, 2.45) is 5.84 Å². The fourth-order valence-electron chi connectivity index (χ4n) is 1.62. The van der Waals surface area contributed by atoms with Crippen molar-refractivity contribution in [3.8, 4) is 0 Å². The second-order valence-electron chi connectivity index (χ2n) is 3.51. The number of thiazole rings is 1. The van der Waals surface area contributed by atoms with Crippen LogP contribution < -0.4 is 11.3 Å². The number of aryl methyl sites for hydroxylation is 1.